The maximum atomic E-state index is 12.3. The molecule has 0 saturated carbocycles. The lowest BCUT2D eigenvalue weighted by atomic mass is 10.0. The number of carbonyl (C=O) groups is 2. The number of ether oxygens (including phenoxy) is 2. The summed E-state index contributed by atoms with van der Waals surface area (Å²) in [7, 11) is 1.48. The van der Waals surface area contributed by atoms with Gasteiger partial charge in [0.25, 0.3) is 5.91 Å². The third kappa shape index (κ3) is 4.44. The highest BCUT2D eigenvalue weighted by molar-refractivity contribution is 5.83. The van der Waals surface area contributed by atoms with E-state index in [1.807, 2.05) is 37.3 Å². The van der Waals surface area contributed by atoms with Gasteiger partial charge in [0.1, 0.15) is 6.29 Å². The molecule has 1 amide bonds. The highest BCUT2D eigenvalue weighted by Crippen LogP contribution is 2.27. The van der Waals surface area contributed by atoms with E-state index in [2.05, 4.69) is 17.4 Å². The average Bonchev–Trinajstić information content (AvgIpc) is 2.71. The first-order valence-electron chi connectivity index (χ1n) is 8.65. The second-order valence-corrected chi connectivity index (χ2v) is 6.21. The predicted molar refractivity (Wildman–Crippen MR) is 104 cm³/mol. The van der Waals surface area contributed by atoms with Crippen molar-refractivity contribution < 1.29 is 19.1 Å². The monoisotopic (exact) mass is 363 g/mol. The van der Waals surface area contributed by atoms with Gasteiger partial charge in [0.2, 0.25) is 0 Å². The van der Waals surface area contributed by atoms with Gasteiger partial charge in [-0.3, -0.25) is 9.59 Å². The number of aldehydes is 1. The summed E-state index contributed by atoms with van der Waals surface area (Å²) in [6, 6.07) is 18.9. The van der Waals surface area contributed by atoms with Crippen LogP contribution >= 0.6 is 0 Å². The summed E-state index contributed by atoms with van der Waals surface area (Å²) in [5, 5.41) is 5.22. The zero-order chi connectivity index (χ0) is 19.2. The lowest BCUT2D eigenvalue weighted by Gasteiger charge is -2.16. The predicted octanol–water partition coefficient (Wildman–Crippen LogP) is 3.92. The van der Waals surface area contributed by atoms with Gasteiger partial charge in [0.05, 0.1) is 13.2 Å². The topological polar surface area (TPSA) is 64.6 Å². The van der Waals surface area contributed by atoms with Crippen molar-refractivity contribution in [2.75, 3.05) is 13.7 Å². The molecule has 27 heavy (non-hydrogen) atoms. The highest BCUT2D eigenvalue weighted by atomic mass is 16.5. The molecule has 1 atom stereocenters. The minimum Gasteiger partial charge on any atom is -0.493 e. The van der Waals surface area contributed by atoms with Gasteiger partial charge in [-0.2, -0.15) is 0 Å². The number of rotatable bonds is 7. The van der Waals surface area contributed by atoms with Crippen LogP contribution in [0, 0.1) is 0 Å². The molecule has 0 aliphatic heterocycles. The van der Waals surface area contributed by atoms with Gasteiger partial charge < -0.3 is 14.8 Å². The third-order valence-electron chi connectivity index (χ3n) is 4.33. The Morgan fingerprint density at radius 1 is 1.04 bits per heavy atom. The van der Waals surface area contributed by atoms with Crippen LogP contribution in [0.15, 0.2) is 60.7 Å². The quantitative estimate of drug-likeness (QED) is 0.646. The van der Waals surface area contributed by atoms with Crippen molar-refractivity contribution in [2.45, 2.75) is 13.0 Å². The van der Waals surface area contributed by atoms with Crippen LogP contribution in [-0.2, 0) is 4.79 Å². The Morgan fingerprint density at radius 2 is 1.81 bits per heavy atom. The van der Waals surface area contributed by atoms with Gasteiger partial charge in [-0.05, 0) is 47.5 Å². The fourth-order valence-electron chi connectivity index (χ4n) is 2.86. The summed E-state index contributed by atoms with van der Waals surface area (Å²) in [4.78, 5) is 23.1. The zero-order valence-corrected chi connectivity index (χ0v) is 15.3. The molecule has 0 spiro atoms. The van der Waals surface area contributed by atoms with Gasteiger partial charge in [-0.25, -0.2) is 0 Å². The molecule has 3 aromatic carbocycles. The molecule has 5 heteroatoms. The first-order valence-corrected chi connectivity index (χ1v) is 8.65. The number of methoxy groups -OCH3 is 1. The van der Waals surface area contributed by atoms with Crippen molar-refractivity contribution in [1.82, 2.24) is 5.32 Å². The van der Waals surface area contributed by atoms with E-state index in [1.54, 1.807) is 18.2 Å². The normalized spacial score (nSPS) is 11.6. The van der Waals surface area contributed by atoms with Gasteiger partial charge >= 0.3 is 0 Å². The van der Waals surface area contributed by atoms with Crippen LogP contribution in [0.5, 0.6) is 11.5 Å². The van der Waals surface area contributed by atoms with Crippen molar-refractivity contribution in [3.05, 3.63) is 71.8 Å². The fraction of sp³-hybridized carbons (Fsp3) is 0.182. The molecular weight excluding hydrogens is 342 g/mol. The Morgan fingerprint density at radius 3 is 2.56 bits per heavy atom. The van der Waals surface area contributed by atoms with Gasteiger partial charge in [-0.15, -0.1) is 0 Å². The molecule has 138 valence electrons. The molecule has 0 heterocycles. The maximum absolute atomic E-state index is 12.3. The minimum atomic E-state index is -0.239. The number of fused-ring (bicyclic) bond motifs is 1. The summed E-state index contributed by atoms with van der Waals surface area (Å²) in [5.41, 5.74) is 1.50. The summed E-state index contributed by atoms with van der Waals surface area (Å²) < 4.78 is 10.7. The lowest BCUT2D eigenvalue weighted by Crippen LogP contribution is -2.31. The van der Waals surface area contributed by atoms with Crippen molar-refractivity contribution >= 4 is 23.0 Å². The van der Waals surface area contributed by atoms with E-state index in [0.717, 1.165) is 22.6 Å². The van der Waals surface area contributed by atoms with Crippen molar-refractivity contribution in [2.24, 2.45) is 0 Å². The summed E-state index contributed by atoms with van der Waals surface area (Å²) in [5.74, 6) is 0.587. The van der Waals surface area contributed by atoms with E-state index in [9.17, 15) is 9.59 Å². The molecule has 1 N–H and O–H groups in total. The molecule has 0 aromatic heterocycles. The molecule has 1 unspecified atom stereocenters. The molecular formula is C22H21NO4. The molecule has 0 bridgehead atoms. The largest absolute Gasteiger partial charge is 0.493 e. The van der Waals surface area contributed by atoms with Crippen molar-refractivity contribution in [3.63, 3.8) is 0 Å². The summed E-state index contributed by atoms with van der Waals surface area (Å²) in [6.45, 7) is 1.79. The van der Waals surface area contributed by atoms with E-state index in [-0.39, 0.29) is 18.6 Å². The standard InChI is InChI=1S/C22H21NO4/c1-15(18-9-8-17-5-3-4-6-19(17)12-18)23-22(25)14-27-20-10-7-16(13-24)11-21(20)26-2/h3-13,15H,14H2,1-2H3,(H,23,25). The first-order chi connectivity index (χ1) is 13.1. The Kier molecular flexibility index (Phi) is 5.71. The van der Waals surface area contributed by atoms with Crippen LogP contribution in [0.3, 0.4) is 0 Å². The molecule has 0 fully saturated rings. The lowest BCUT2D eigenvalue weighted by molar-refractivity contribution is -0.123. The molecule has 0 aliphatic rings. The summed E-state index contributed by atoms with van der Waals surface area (Å²) >= 11 is 0. The van der Waals surface area contributed by atoms with E-state index in [4.69, 9.17) is 9.47 Å². The second kappa shape index (κ2) is 8.36. The van der Waals surface area contributed by atoms with Crippen molar-refractivity contribution in [3.8, 4) is 11.5 Å². The number of nitrogens with one attached hydrogen (secondary N) is 1. The molecule has 3 rings (SSSR count). The van der Waals surface area contributed by atoms with Gasteiger partial charge in [-0.1, -0.05) is 36.4 Å². The Balaban J connectivity index is 1.62. The van der Waals surface area contributed by atoms with Crippen LogP contribution < -0.4 is 14.8 Å². The zero-order valence-electron chi connectivity index (χ0n) is 15.3. The van der Waals surface area contributed by atoms with E-state index >= 15 is 0 Å². The Bertz CT molecular complexity index is 967. The molecule has 0 saturated heterocycles. The Labute approximate surface area is 157 Å². The van der Waals surface area contributed by atoms with Gasteiger partial charge in [0.15, 0.2) is 18.1 Å². The smallest absolute Gasteiger partial charge is 0.258 e. The molecule has 0 aliphatic carbocycles. The van der Waals surface area contributed by atoms with Crippen LogP contribution in [0.2, 0.25) is 0 Å². The average molecular weight is 363 g/mol. The van der Waals surface area contributed by atoms with Crippen LogP contribution in [0.25, 0.3) is 10.8 Å². The van der Waals surface area contributed by atoms with E-state index < -0.39 is 0 Å². The van der Waals surface area contributed by atoms with Crippen molar-refractivity contribution in [1.29, 1.82) is 0 Å². The van der Waals surface area contributed by atoms with Gasteiger partial charge in [0, 0.05) is 5.56 Å². The SMILES string of the molecule is COc1cc(C=O)ccc1OCC(=O)NC(C)c1ccc2ccccc2c1. The molecule has 5 nitrogen and oxygen atoms in total. The summed E-state index contributed by atoms with van der Waals surface area (Å²) in [6.07, 6.45) is 0.726. The number of hydrogen-bond acceptors (Lipinski definition) is 4. The van der Waals surface area contributed by atoms with Crippen LogP contribution in [0.4, 0.5) is 0 Å². The van der Waals surface area contributed by atoms with Crippen LogP contribution in [-0.4, -0.2) is 25.9 Å². The maximum Gasteiger partial charge on any atom is 0.258 e. The molecule has 3 aromatic rings. The van der Waals surface area contributed by atoms with Crippen LogP contribution in [0.1, 0.15) is 28.9 Å². The first kappa shape index (κ1) is 18.5. The van der Waals surface area contributed by atoms with E-state index in [1.165, 1.54) is 7.11 Å². The van der Waals surface area contributed by atoms with E-state index in [0.29, 0.717) is 17.1 Å². The number of benzene rings is 3. The fourth-order valence-corrected chi connectivity index (χ4v) is 2.86. The number of hydrogen-bond donors (Lipinski definition) is 1. The molecule has 0 radical (unpaired) electrons. The highest BCUT2D eigenvalue weighted by Gasteiger charge is 2.12. The Hall–Kier alpha value is -3.34. The second-order valence-electron chi connectivity index (χ2n) is 6.21. The number of carbonyl (C=O) groups excluding carboxylic acids is 2. The number of amides is 1. The third-order valence-corrected chi connectivity index (χ3v) is 4.33. The minimum absolute atomic E-state index is 0.144.